The van der Waals surface area contributed by atoms with Gasteiger partial charge in [-0.2, -0.15) is 0 Å². The van der Waals surface area contributed by atoms with E-state index in [1.54, 1.807) is 24.3 Å². The summed E-state index contributed by atoms with van der Waals surface area (Å²) >= 11 is 0. The Morgan fingerprint density at radius 2 is 1.46 bits per heavy atom. The van der Waals surface area contributed by atoms with Crippen molar-refractivity contribution in [1.29, 1.82) is 0 Å². The zero-order valence-corrected chi connectivity index (χ0v) is 20.3. The maximum atomic E-state index is 13.5. The molecule has 1 saturated heterocycles. The summed E-state index contributed by atoms with van der Waals surface area (Å²) in [5, 5.41) is 0. The number of hydrogen-bond acceptors (Lipinski definition) is 4. The molecule has 0 atom stereocenters. The van der Waals surface area contributed by atoms with E-state index in [-0.39, 0.29) is 17.4 Å². The maximum Gasteiger partial charge on any atom is 0.266 e. The molecule has 6 nitrogen and oxygen atoms in total. The largest absolute Gasteiger partial charge is 0.336 e. The first-order valence-corrected chi connectivity index (χ1v) is 12.1. The highest BCUT2D eigenvalue weighted by molar-refractivity contribution is 6.35. The molecule has 0 saturated carbocycles. The van der Waals surface area contributed by atoms with Gasteiger partial charge < -0.3 is 4.90 Å². The molecule has 3 aromatic carbocycles. The minimum Gasteiger partial charge on any atom is -0.336 e. The fourth-order valence-corrected chi connectivity index (χ4v) is 5.01. The quantitative estimate of drug-likeness (QED) is 0.525. The summed E-state index contributed by atoms with van der Waals surface area (Å²) in [5.41, 5.74) is 4.47. The first kappa shape index (κ1) is 23.0. The van der Waals surface area contributed by atoms with E-state index in [1.165, 1.54) is 4.90 Å². The minimum atomic E-state index is -0.391. The van der Waals surface area contributed by atoms with Crippen LogP contribution in [0.2, 0.25) is 0 Å². The van der Waals surface area contributed by atoms with Gasteiger partial charge in [-0.15, -0.1) is 0 Å². The van der Waals surface area contributed by atoms with Gasteiger partial charge in [0.2, 0.25) is 0 Å². The third kappa shape index (κ3) is 4.04. The molecule has 35 heavy (non-hydrogen) atoms. The van der Waals surface area contributed by atoms with Crippen molar-refractivity contribution in [3.05, 3.63) is 89.0 Å². The molecule has 3 amide bonds. The fraction of sp³-hybridized carbons (Fsp3) is 0.276. The molecule has 2 aliphatic heterocycles. The lowest BCUT2D eigenvalue weighted by Gasteiger charge is -2.37. The lowest BCUT2D eigenvalue weighted by atomic mass is 9.99. The van der Waals surface area contributed by atoms with E-state index < -0.39 is 5.91 Å². The summed E-state index contributed by atoms with van der Waals surface area (Å²) in [6.45, 7) is 9.20. The van der Waals surface area contributed by atoms with E-state index in [1.807, 2.05) is 54.3 Å². The molecule has 0 bridgehead atoms. The second-order valence-electron chi connectivity index (χ2n) is 9.44. The van der Waals surface area contributed by atoms with Crippen molar-refractivity contribution in [3.63, 3.8) is 0 Å². The van der Waals surface area contributed by atoms with Gasteiger partial charge in [0, 0.05) is 37.8 Å². The Kier molecular flexibility index (Phi) is 5.99. The monoisotopic (exact) mass is 467 g/mol. The molecule has 5 rings (SSSR count). The predicted octanol–water partition coefficient (Wildman–Crippen LogP) is 4.63. The van der Waals surface area contributed by atoms with E-state index in [0.29, 0.717) is 35.9 Å². The summed E-state index contributed by atoms with van der Waals surface area (Å²) in [4.78, 5) is 45.3. The molecule has 0 radical (unpaired) electrons. The highest BCUT2D eigenvalue weighted by Gasteiger charge is 2.38. The van der Waals surface area contributed by atoms with Crippen LogP contribution in [0.1, 0.15) is 50.5 Å². The molecular weight excluding hydrogens is 438 g/mol. The number of rotatable bonds is 4. The number of piperazine rings is 1. The van der Waals surface area contributed by atoms with E-state index >= 15 is 0 Å². The van der Waals surface area contributed by atoms with E-state index in [9.17, 15) is 14.4 Å². The molecule has 0 N–H and O–H groups in total. The Hall–Kier alpha value is -3.77. The molecule has 0 spiro atoms. The third-order valence-corrected chi connectivity index (χ3v) is 7.10. The third-order valence-electron chi connectivity index (χ3n) is 7.10. The van der Waals surface area contributed by atoms with Crippen molar-refractivity contribution >= 4 is 23.4 Å². The maximum absolute atomic E-state index is 13.5. The first-order chi connectivity index (χ1) is 16.9. The molecule has 178 valence electrons. The second kappa shape index (κ2) is 9.12. The van der Waals surface area contributed by atoms with E-state index in [2.05, 4.69) is 18.7 Å². The van der Waals surface area contributed by atoms with Gasteiger partial charge in [-0.3, -0.25) is 19.3 Å². The van der Waals surface area contributed by atoms with Crippen molar-refractivity contribution in [1.82, 2.24) is 9.80 Å². The van der Waals surface area contributed by atoms with Crippen LogP contribution in [0.25, 0.3) is 11.1 Å². The summed E-state index contributed by atoms with van der Waals surface area (Å²) in [6, 6.07) is 20.9. The van der Waals surface area contributed by atoms with Crippen LogP contribution in [0.5, 0.6) is 0 Å². The molecule has 6 heteroatoms. The first-order valence-electron chi connectivity index (χ1n) is 12.1. The van der Waals surface area contributed by atoms with Crippen LogP contribution < -0.4 is 4.90 Å². The smallest absolute Gasteiger partial charge is 0.266 e. The van der Waals surface area contributed by atoms with Crippen LogP contribution in [-0.2, 0) is 0 Å². The summed E-state index contributed by atoms with van der Waals surface area (Å²) in [7, 11) is 0. The summed E-state index contributed by atoms with van der Waals surface area (Å²) < 4.78 is 0. The normalized spacial score (nSPS) is 16.2. The summed E-state index contributed by atoms with van der Waals surface area (Å²) in [5.74, 6) is -0.849. The molecule has 3 aromatic rings. The average molecular weight is 468 g/mol. The second-order valence-corrected chi connectivity index (χ2v) is 9.44. The van der Waals surface area contributed by atoms with Gasteiger partial charge in [0.25, 0.3) is 17.7 Å². The number of imide groups is 1. The van der Waals surface area contributed by atoms with Crippen molar-refractivity contribution in [2.45, 2.75) is 26.8 Å². The number of hydrogen-bond donors (Lipinski definition) is 0. The fourth-order valence-electron chi connectivity index (χ4n) is 5.01. The molecule has 0 aliphatic carbocycles. The summed E-state index contributed by atoms with van der Waals surface area (Å²) in [6.07, 6.45) is 0. The molecular formula is C29H29N3O3. The highest BCUT2D eigenvalue weighted by Crippen LogP contribution is 2.35. The van der Waals surface area contributed by atoms with Crippen LogP contribution in [-0.4, -0.2) is 59.7 Å². The van der Waals surface area contributed by atoms with Gasteiger partial charge in [-0.05, 0) is 61.7 Å². The van der Waals surface area contributed by atoms with Crippen LogP contribution in [0.3, 0.4) is 0 Å². The molecule has 2 heterocycles. The van der Waals surface area contributed by atoms with Gasteiger partial charge >= 0.3 is 0 Å². The topological polar surface area (TPSA) is 60.9 Å². The van der Waals surface area contributed by atoms with Crippen LogP contribution in [0.15, 0.2) is 66.7 Å². The van der Waals surface area contributed by atoms with E-state index in [0.717, 1.165) is 29.8 Å². The molecule has 1 fully saturated rings. The van der Waals surface area contributed by atoms with Crippen LogP contribution in [0.4, 0.5) is 5.69 Å². The van der Waals surface area contributed by atoms with Gasteiger partial charge in [0.1, 0.15) is 0 Å². The lowest BCUT2D eigenvalue weighted by molar-refractivity contribution is 0.0595. The molecule has 2 aliphatic rings. The SMILES string of the molecule is Cc1c(-c2ccccc2)cccc1N1C(=O)c2ccc(C(=O)N3CCN(C(C)C)CC3)cc2C1=O. The Bertz CT molecular complexity index is 1310. The lowest BCUT2D eigenvalue weighted by Crippen LogP contribution is -2.50. The van der Waals surface area contributed by atoms with Crippen LogP contribution in [0, 0.1) is 6.92 Å². The van der Waals surface area contributed by atoms with Crippen molar-refractivity contribution in [2.75, 3.05) is 31.1 Å². The Morgan fingerprint density at radius 1 is 0.771 bits per heavy atom. The number of fused-ring (bicyclic) bond motifs is 1. The number of anilines is 1. The Labute approximate surface area is 205 Å². The number of nitrogens with zero attached hydrogens (tertiary/aromatic N) is 3. The van der Waals surface area contributed by atoms with Gasteiger partial charge in [-0.25, -0.2) is 4.90 Å². The number of carbonyl (C=O) groups is 3. The number of carbonyl (C=O) groups excluding carboxylic acids is 3. The average Bonchev–Trinajstić information content (AvgIpc) is 3.13. The standard InChI is InChI=1S/C29H29N3O3/c1-19(2)30-14-16-31(17-15-30)27(33)22-12-13-24-25(18-22)29(35)32(28(24)34)26-11-7-10-23(20(26)3)21-8-5-4-6-9-21/h4-13,18-19H,14-17H2,1-3H3. The van der Waals surface area contributed by atoms with Crippen LogP contribution >= 0.6 is 0 Å². The van der Waals surface area contributed by atoms with Crippen molar-refractivity contribution in [2.24, 2.45) is 0 Å². The predicted molar refractivity (Wildman–Crippen MR) is 137 cm³/mol. The Morgan fingerprint density at radius 3 is 2.14 bits per heavy atom. The Balaban J connectivity index is 1.42. The highest BCUT2D eigenvalue weighted by atomic mass is 16.2. The number of amides is 3. The van der Waals surface area contributed by atoms with Crippen molar-refractivity contribution in [3.8, 4) is 11.1 Å². The zero-order valence-electron chi connectivity index (χ0n) is 20.3. The van der Waals surface area contributed by atoms with E-state index in [4.69, 9.17) is 0 Å². The van der Waals surface area contributed by atoms with Gasteiger partial charge in [0.15, 0.2) is 0 Å². The van der Waals surface area contributed by atoms with Gasteiger partial charge in [0.05, 0.1) is 16.8 Å². The molecule has 0 unspecified atom stereocenters. The van der Waals surface area contributed by atoms with Gasteiger partial charge in [-0.1, -0.05) is 42.5 Å². The zero-order chi connectivity index (χ0) is 24.7. The minimum absolute atomic E-state index is 0.0999. The molecule has 0 aromatic heterocycles. The number of benzene rings is 3. The van der Waals surface area contributed by atoms with Crippen molar-refractivity contribution < 1.29 is 14.4 Å².